The summed E-state index contributed by atoms with van der Waals surface area (Å²) in [5, 5.41) is 49.4. The molecule has 0 amide bonds. The Morgan fingerprint density at radius 2 is 1.89 bits per heavy atom. The fraction of sp³-hybridized carbons (Fsp3) is 0.824. The van der Waals surface area contributed by atoms with Crippen molar-refractivity contribution < 1.29 is 49.3 Å². The van der Waals surface area contributed by atoms with Gasteiger partial charge in [0, 0.05) is 11.8 Å². The van der Waals surface area contributed by atoms with Crippen molar-refractivity contribution >= 4 is 5.97 Å². The Labute approximate surface area is 155 Å². The maximum absolute atomic E-state index is 12.0. The molecule has 1 aliphatic carbocycles. The second kappa shape index (κ2) is 8.00. The van der Waals surface area contributed by atoms with Gasteiger partial charge in [0.15, 0.2) is 6.29 Å². The van der Waals surface area contributed by atoms with Crippen LogP contribution in [0.4, 0.5) is 0 Å². The van der Waals surface area contributed by atoms with Crippen LogP contribution in [0.15, 0.2) is 11.8 Å². The van der Waals surface area contributed by atoms with Gasteiger partial charge in [-0.1, -0.05) is 6.92 Å². The zero-order chi connectivity index (χ0) is 19.9. The number of fused-ring (bicyclic) bond motifs is 1. The number of hydrogen-bond donors (Lipinski definition) is 5. The summed E-state index contributed by atoms with van der Waals surface area (Å²) in [4.78, 5) is 12.0. The lowest BCUT2D eigenvalue weighted by Gasteiger charge is -2.43. The first-order chi connectivity index (χ1) is 12.8. The SMILES string of the molecule is COC(=O)C1=CO[C@H](O[C@@H]2O[C@H](CO)[C@@H](O)[C@H](O)[C@H]2O)[C@H]2[C@@H](C)[C@@H](O)C[C@H]12. The standard InChI is InChI=1S/C17H26O10/c1-6-9(19)3-7-8(15(23)24-2)5-25-16(11(6)7)27-17-14(22)13(21)12(20)10(4-18)26-17/h5-7,9-14,16-22H,3-4H2,1-2H3/t6-,7+,9-,10+,11-,12+,13-,14+,16+,17-/m0/s1. The summed E-state index contributed by atoms with van der Waals surface area (Å²) < 4.78 is 21.4. The molecule has 3 rings (SSSR count). The monoisotopic (exact) mass is 390 g/mol. The molecule has 27 heavy (non-hydrogen) atoms. The number of ether oxygens (including phenoxy) is 4. The van der Waals surface area contributed by atoms with E-state index in [2.05, 4.69) is 0 Å². The number of carbonyl (C=O) groups is 1. The second-order valence-electron chi connectivity index (χ2n) is 7.25. The Hall–Kier alpha value is -1.27. The Balaban J connectivity index is 1.80. The highest BCUT2D eigenvalue weighted by Gasteiger charge is 2.53. The van der Waals surface area contributed by atoms with Gasteiger partial charge in [-0.15, -0.1) is 0 Å². The van der Waals surface area contributed by atoms with Crippen molar-refractivity contribution in [3.8, 4) is 0 Å². The molecule has 0 aromatic rings. The van der Waals surface area contributed by atoms with Crippen molar-refractivity contribution in [1.29, 1.82) is 0 Å². The smallest absolute Gasteiger partial charge is 0.337 e. The van der Waals surface area contributed by atoms with E-state index in [0.717, 1.165) is 0 Å². The predicted octanol–water partition coefficient (Wildman–Crippen LogP) is -2.15. The van der Waals surface area contributed by atoms with Gasteiger partial charge in [-0.3, -0.25) is 0 Å². The molecule has 0 unspecified atom stereocenters. The molecular formula is C17H26O10. The summed E-state index contributed by atoms with van der Waals surface area (Å²) in [6.45, 7) is 1.21. The fourth-order valence-electron chi connectivity index (χ4n) is 4.10. The van der Waals surface area contributed by atoms with Crippen LogP contribution in [0.1, 0.15) is 13.3 Å². The van der Waals surface area contributed by atoms with E-state index in [1.54, 1.807) is 6.92 Å². The summed E-state index contributed by atoms with van der Waals surface area (Å²) >= 11 is 0. The molecule has 0 spiro atoms. The molecule has 2 aliphatic heterocycles. The van der Waals surface area contributed by atoms with Gasteiger partial charge in [0.1, 0.15) is 24.4 Å². The first-order valence-corrected chi connectivity index (χ1v) is 8.88. The maximum Gasteiger partial charge on any atom is 0.337 e. The molecule has 2 fully saturated rings. The molecule has 3 aliphatic rings. The summed E-state index contributed by atoms with van der Waals surface area (Å²) in [5.74, 6) is -1.63. The molecule has 5 N–H and O–H groups in total. The first-order valence-electron chi connectivity index (χ1n) is 8.88. The lowest BCUT2D eigenvalue weighted by Crippen LogP contribution is -2.60. The average Bonchev–Trinajstić information content (AvgIpc) is 2.96. The minimum Gasteiger partial charge on any atom is -0.472 e. The average molecular weight is 390 g/mol. The van der Waals surface area contributed by atoms with Crippen molar-refractivity contribution in [2.45, 2.75) is 56.4 Å². The Kier molecular flexibility index (Phi) is 6.06. The van der Waals surface area contributed by atoms with E-state index in [9.17, 15) is 30.3 Å². The maximum atomic E-state index is 12.0. The Morgan fingerprint density at radius 1 is 1.19 bits per heavy atom. The molecule has 0 radical (unpaired) electrons. The third kappa shape index (κ3) is 3.58. The zero-order valence-electron chi connectivity index (χ0n) is 15.0. The van der Waals surface area contributed by atoms with Gasteiger partial charge in [-0.2, -0.15) is 0 Å². The zero-order valence-corrected chi connectivity index (χ0v) is 15.0. The highest BCUT2D eigenvalue weighted by molar-refractivity contribution is 5.89. The van der Waals surface area contributed by atoms with Gasteiger partial charge < -0.3 is 44.5 Å². The lowest BCUT2D eigenvalue weighted by atomic mass is 9.83. The minimum atomic E-state index is -1.58. The third-order valence-electron chi connectivity index (χ3n) is 5.75. The fourth-order valence-corrected chi connectivity index (χ4v) is 4.10. The van der Waals surface area contributed by atoms with E-state index >= 15 is 0 Å². The topological polar surface area (TPSA) is 155 Å². The van der Waals surface area contributed by atoms with Gasteiger partial charge in [0.2, 0.25) is 6.29 Å². The van der Waals surface area contributed by atoms with Crippen LogP contribution in [0.2, 0.25) is 0 Å². The summed E-state index contributed by atoms with van der Waals surface area (Å²) in [6.07, 6.45) is -7.25. The number of esters is 1. The second-order valence-corrected chi connectivity index (χ2v) is 7.25. The van der Waals surface area contributed by atoms with Crippen molar-refractivity contribution in [1.82, 2.24) is 0 Å². The largest absolute Gasteiger partial charge is 0.472 e. The van der Waals surface area contributed by atoms with Crippen LogP contribution in [-0.4, -0.2) is 88.3 Å². The highest BCUT2D eigenvalue weighted by atomic mass is 16.8. The number of methoxy groups -OCH3 is 1. The third-order valence-corrected chi connectivity index (χ3v) is 5.75. The Bertz CT molecular complexity index is 578. The lowest BCUT2D eigenvalue weighted by molar-refractivity contribution is -0.342. The van der Waals surface area contributed by atoms with Gasteiger partial charge >= 0.3 is 5.97 Å². The number of aliphatic hydroxyl groups excluding tert-OH is 5. The van der Waals surface area contributed by atoms with Gasteiger partial charge in [0.05, 0.1) is 31.7 Å². The van der Waals surface area contributed by atoms with Crippen molar-refractivity contribution in [2.24, 2.45) is 17.8 Å². The molecule has 10 nitrogen and oxygen atoms in total. The highest BCUT2D eigenvalue weighted by Crippen LogP contribution is 2.47. The van der Waals surface area contributed by atoms with Crippen LogP contribution in [0.5, 0.6) is 0 Å². The summed E-state index contributed by atoms with van der Waals surface area (Å²) in [6, 6.07) is 0. The van der Waals surface area contributed by atoms with Crippen LogP contribution in [0, 0.1) is 17.8 Å². The van der Waals surface area contributed by atoms with E-state index in [-0.39, 0.29) is 11.8 Å². The van der Waals surface area contributed by atoms with Crippen LogP contribution in [0.25, 0.3) is 0 Å². The molecular weight excluding hydrogens is 364 g/mol. The van der Waals surface area contributed by atoms with Crippen LogP contribution >= 0.6 is 0 Å². The first kappa shape index (κ1) is 20.5. The number of rotatable bonds is 4. The van der Waals surface area contributed by atoms with Crippen molar-refractivity contribution in [3.63, 3.8) is 0 Å². The molecule has 0 aromatic carbocycles. The summed E-state index contributed by atoms with van der Waals surface area (Å²) in [5.41, 5.74) is 0.291. The Morgan fingerprint density at radius 3 is 2.52 bits per heavy atom. The van der Waals surface area contributed by atoms with E-state index < -0.39 is 61.6 Å². The predicted molar refractivity (Wildman–Crippen MR) is 86.6 cm³/mol. The van der Waals surface area contributed by atoms with E-state index in [0.29, 0.717) is 12.0 Å². The number of aliphatic hydroxyl groups is 5. The quantitative estimate of drug-likeness (QED) is 0.336. The molecule has 1 saturated heterocycles. The van der Waals surface area contributed by atoms with Crippen LogP contribution in [-0.2, 0) is 23.7 Å². The molecule has 0 aromatic heterocycles. The van der Waals surface area contributed by atoms with Crippen LogP contribution < -0.4 is 0 Å². The molecule has 10 heteroatoms. The van der Waals surface area contributed by atoms with E-state index in [1.807, 2.05) is 0 Å². The normalized spacial score (nSPS) is 47.0. The number of hydrogen-bond acceptors (Lipinski definition) is 10. The molecule has 2 heterocycles. The van der Waals surface area contributed by atoms with Crippen molar-refractivity contribution in [3.05, 3.63) is 11.8 Å². The van der Waals surface area contributed by atoms with Gasteiger partial charge in [-0.05, 0) is 12.3 Å². The van der Waals surface area contributed by atoms with Gasteiger partial charge in [-0.25, -0.2) is 4.79 Å². The minimum absolute atomic E-state index is 0.279. The summed E-state index contributed by atoms with van der Waals surface area (Å²) in [7, 11) is 1.25. The van der Waals surface area contributed by atoms with Crippen molar-refractivity contribution in [2.75, 3.05) is 13.7 Å². The van der Waals surface area contributed by atoms with E-state index in [4.69, 9.17) is 18.9 Å². The molecule has 1 saturated carbocycles. The van der Waals surface area contributed by atoms with Gasteiger partial charge in [0.25, 0.3) is 0 Å². The number of carbonyl (C=O) groups excluding carboxylic acids is 1. The molecule has 0 bridgehead atoms. The molecule has 154 valence electrons. The van der Waals surface area contributed by atoms with Crippen LogP contribution in [0.3, 0.4) is 0 Å². The molecule has 10 atom stereocenters. The van der Waals surface area contributed by atoms with E-state index in [1.165, 1.54) is 13.4 Å².